The average molecular weight is 276 g/mol. The SMILES string of the molecule is CCCNc1nc(C)cc(NCC2CCCCC2C)n1. The van der Waals surface area contributed by atoms with Gasteiger partial charge >= 0.3 is 0 Å². The molecule has 0 bridgehead atoms. The molecule has 2 N–H and O–H groups in total. The van der Waals surface area contributed by atoms with E-state index < -0.39 is 0 Å². The van der Waals surface area contributed by atoms with E-state index in [0.29, 0.717) is 0 Å². The van der Waals surface area contributed by atoms with Crippen LogP contribution >= 0.6 is 0 Å². The van der Waals surface area contributed by atoms with Gasteiger partial charge in [0.2, 0.25) is 5.95 Å². The molecule has 20 heavy (non-hydrogen) atoms. The smallest absolute Gasteiger partial charge is 0.224 e. The van der Waals surface area contributed by atoms with E-state index in [1.165, 1.54) is 25.7 Å². The van der Waals surface area contributed by atoms with Crippen molar-refractivity contribution >= 4 is 11.8 Å². The van der Waals surface area contributed by atoms with E-state index in [9.17, 15) is 0 Å². The quantitative estimate of drug-likeness (QED) is 0.828. The van der Waals surface area contributed by atoms with Crippen LogP contribution in [0.15, 0.2) is 6.07 Å². The lowest BCUT2D eigenvalue weighted by Crippen LogP contribution is -2.24. The van der Waals surface area contributed by atoms with E-state index in [2.05, 4.69) is 34.4 Å². The first-order valence-electron chi connectivity index (χ1n) is 8.02. The van der Waals surface area contributed by atoms with Crippen molar-refractivity contribution in [2.45, 2.75) is 52.9 Å². The Bertz CT molecular complexity index is 419. The Morgan fingerprint density at radius 2 is 2.00 bits per heavy atom. The zero-order valence-electron chi connectivity index (χ0n) is 13.1. The predicted molar refractivity (Wildman–Crippen MR) is 85.2 cm³/mol. The Morgan fingerprint density at radius 1 is 1.20 bits per heavy atom. The van der Waals surface area contributed by atoms with Crippen LogP contribution in [0.2, 0.25) is 0 Å². The molecule has 1 aliphatic carbocycles. The molecule has 2 atom stereocenters. The van der Waals surface area contributed by atoms with Gasteiger partial charge in [0.1, 0.15) is 5.82 Å². The Kier molecular flexibility index (Phi) is 5.62. The lowest BCUT2D eigenvalue weighted by Gasteiger charge is -2.29. The number of aromatic nitrogens is 2. The molecule has 0 aliphatic heterocycles. The second kappa shape index (κ2) is 7.46. The molecule has 0 spiro atoms. The second-order valence-electron chi connectivity index (χ2n) is 6.05. The minimum Gasteiger partial charge on any atom is -0.370 e. The number of nitrogens with zero attached hydrogens (tertiary/aromatic N) is 2. The van der Waals surface area contributed by atoms with Gasteiger partial charge < -0.3 is 10.6 Å². The lowest BCUT2D eigenvalue weighted by atomic mass is 9.80. The molecule has 0 radical (unpaired) electrons. The first kappa shape index (κ1) is 15.1. The maximum Gasteiger partial charge on any atom is 0.224 e. The predicted octanol–water partition coefficient (Wildman–Crippen LogP) is 3.85. The van der Waals surface area contributed by atoms with E-state index in [-0.39, 0.29) is 0 Å². The maximum absolute atomic E-state index is 4.55. The van der Waals surface area contributed by atoms with E-state index >= 15 is 0 Å². The molecule has 1 saturated carbocycles. The number of hydrogen-bond donors (Lipinski definition) is 2. The molecule has 1 aromatic rings. The van der Waals surface area contributed by atoms with Crippen molar-refractivity contribution in [1.82, 2.24) is 9.97 Å². The summed E-state index contributed by atoms with van der Waals surface area (Å²) in [7, 11) is 0. The van der Waals surface area contributed by atoms with Gasteiger partial charge in [-0.15, -0.1) is 0 Å². The molecule has 0 saturated heterocycles. The summed E-state index contributed by atoms with van der Waals surface area (Å²) in [5.41, 5.74) is 1.01. The largest absolute Gasteiger partial charge is 0.370 e. The third kappa shape index (κ3) is 4.36. The van der Waals surface area contributed by atoms with Gasteiger partial charge in [0.15, 0.2) is 0 Å². The standard InChI is InChI=1S/C16H28N4/c1-4-9-17-16-19-13(3)10-15(20-16)18-11-14-8-6-5-7-12(14)2/h10,12,14H,4-9,11H2,1-3H3,(H2,17,18,19,20). The monoisotopic (exact) mass is 276 g/mol. The first-order chi connectivity index (χ1) is 9.69. The van der Waals surface area contributed by atoms with Gasteiger partial charge in [0.05, 0.1) is 0 Å². The fraction of sp³-hybridized carbons (Fsp3) is 0.750. The highest BCUT2D eigenvalue weighted by atomic mass is 15.1. The number of aryl methyl sites for hydroxylation is 1. The zero-order valence-corrected chi connectivity index (χ0v) is 13.1. The highest BCUT2D eigenvalue weighted by molar-refractivity contribution is 5.42. The van der Waals surface area contributed by atoms with E-state index in [4.69, 9.17) is 0 Å². The number of hydrogen-bond acceptors (Lipinski definition) is 4. The topological polar surface area (TPSA) is 49.8 Å². The molecular formula is C16H28N4. The molecule has 1 heterocycles. The molecule has 2 unspecified atom stereocenters. The Balaban J connectivity index is 1.92. The van der Waals surface area contributed by atoms with Gasteiger partial charge in [0, 0.05) is 24.8 Å². The highest BCUT2D eigenvalue weighted by Gasteiger charge is 2.20. The van der Waals surface area contributed by atoms with Crippen molar-refractivity contribution in [3.8, 4) is 0 Å². The second-order valence-corrected chi connectivity index (χ2v) is 6.05. The van der Waals surface area contributed by atoms with Gasteiger partial charge in [-0.1, -0.05) is 33.1 Å². The van der Waals surface area contributed by atoms with Crippen molar-refractivity contribution in [1.29, 1.82) is 0 Å². The highest BCUT2D eigenvalue weighted by Crippen LogP contribution is 2.29. The fourth-order valence-electron chi connectivity index (χ4n) is 2.91. The molecule has 0 amide bonds. The van der Waals surface area contributed by atoms with Crippen LogP contribution in [0.5, 0.6) is 0 Å². The van der Waals surface area contributed by atoms with Crippen molar-refractivity contribution in [2.75, 3.05) is 23.7 Å². The summed E-state index contributed by atoms with van der Waals surface area (Å²) in [4.78, 5) is 8.97. The van der Waals surface area contributed by atoms with Crippen LogP contribution < -0.4 is 10.6 Å². The van der Waals surface area contributed by atoms with Crippen LogP contribution in [-0.4, -0.2) is 23.1 Å². The summed E-state index contributed by atoms with van der Waals surface area (Å²) in [5.74, 6) is 3.31. The van der Waals surface area contributed by atoms with Gasteiger partial charge in [-0.25, -0.2) is 4.98 Å². The molecule has 1 aliphatic rings. The Hall–Kier alpha value is -1.32. The normalized spacial score (nSPS) is 22.6. The minimum atomic E-state index is 0.742. The molecule has 1 fully saturated rings. The molecule has 0 aromatic carbocycles. The van der Waals surface area contributed by atoms with Gasteiger partial charge in [-0.3, -0.25) is 0 Å². The average Bonchev–Trinajstić information content (AvgIpc) is 2.44. The van der Waals surface area contributed by atoms with Crippen LogP contribution in [0.3, 0.4) is 0 Å². The zero-order chi connectivity index (χ0) is 14.4. The molecule has 4 nitrogen and oxygen atoms in total. The molecule has 2 rings (SSSR count). The lowest BCUT2D eigenvalue weighted by molar-refractivity contribution is 0.268. The maximum atomic E-state index is 4.55. The van der Waals surface area contributed by atoms with Gasteiger partial charge in [0.25, 0.3) is 0 Å². The molecule has 112 valence electrons. The Labute approximate surface area is 122 Å². The fourth-order valence-corrected chi connectivity index (χ4v) is 2.91. The van der Waals surface area contributed by atoms with Crippen LogP contribution in [0.4, 0.5) is 11.8 Å². The van der Waals surface area contributed by atoms with Crippen molar-refractivity contribution in [2.24, 2.45) is 11.8 Å². The van der Waals surface area contributed by atoms with Gasteiger partial charge in [-0.05, 0) is 31.6 Å². The van der Waals surface area contributed by atoms with Crippen LogP contribution in [-0.2, 0) is 0 Å². The molecule has 4 heteroatoms. The third-order valence-corrected chi connectivity index (χ3v) is 4.22. The minimum absolute atomic E-state index is 0.742. The van der Waals surface area contributed by atoms with Crippen molar-refractivity contribution in [3.63, 3.8) is 0 Å². The first-order valence-corrected chi connectivity index (χ1v) is 8.02. The Morgan fingerprint density at radius 3 is 2.75 bits per heavy atom. The summed E-state index contributed by atoms with van der Waals surface area (Å²) in [6.07, 6.45) is 6.58. The third-order valence-electron chi connectivity index (χ3n) is 4.22. The van der Waals surface area contributed by atoms with E-state index in [0.717, 1.165) is 48.8 Å². The van der Waals surface area contributed by atoms with Crippen molar-refractivity contribution in [3.05, 3.63) is 11.8 Å². The summed E-state index contributed by atoms with van der Waals surface area (Å²) < 4.78 is 0. The number of nitrogens with one attached hydrogen (secondary N) is 2. The number of anilines is 2. The van der Waals surface area contributed by atoms with Gasteiger partial charge in [-0.2, -0.15) is 4.98 Å². The van der Waals surface area contributed by atoms with Crippen molar-refractivity contribution < 1.29 is 0 Å². The summed E-state index contributed by atoms with van der Waals surface area (Å²) >= 11 is 0. The van der Waals surface area contributed by atoms with Crippen LogP contribution in [0.1, 0.15) is 51.6 Å². The summed E-state index contributed by atoms with van der Waals surface area (Å²) in [6, 6.07) is 2.03. The van der Waals surface area contributed by atoms with Crippen LogP contribution in [0.25, 0.3) is 0 Å². The van der Waals surface area contributed by atoms with E-state index in [1.807, 2.05) is 13.0 Å². The number of rotatable bonds is 6. The summed E-state index contributed by atoms with van der Waals surface area (Å²) in [6.45, 7) is 8.50. The molecule has 1 aromatic heterocycles. The molecular weight excluding hydrogens is 248 g/mol. The van der Waals surface area contributed by atoms with Crippen LogP contribution in [0, 0.1) is 18.8 Å². The van der Waals surface area contributed by atoms with E-state index in [1.54, 1.807) is 0 Å². The summed E-state index contributed by atoms with van der Waals surface area (Å²) in [5, 5.41) is 6.77.